The third-order valence-electron chi connectivity index (χ3n) is 5.48. The molecule has 1 aromatic carbocycles. The van der Waals surface area contributed by atoms with E-state index in [0.29, 0.717) is 5.25 Å². The highest BCUT2D eigenvalue weighted by Gasteiger charge is 2.14. The summed E-state index contributed by atoms with van der Waals surface area (Å²) in [6, 6.07) is 10.5. The Labute approximate surface area is 185 Å². The maximum atomic E-state index is 5.49. The molecule has 0 bridgehead atoms. The maximum absolute atomic E-state index is 5.49. The van der Waals surface area contributed by atoms with Crippen molar-refractivity contribution in [3.05, 3.63) is 71.1 Å². The van der Waals surface area contributed by atoms with Crippen molar-refractivity contribution < 1.29 is 4.74 Å². The van der Waals surface area contributed by atoms with Gasteiger partial charge in [-0.1, -0.05) is 24.3 Å². The number of allylic oxidation sites excluding steroid dienone is 4. The molecule has 2 heterocycles. The highest BCUT2D eigenvalue weighted by atomic mass is 32.2. The van der Waals surface area contributed by atoms with E-state index >= 15 is 0 Å². The Balaban J connectivity index is 1.57. The first-order chi connectivity index (χ1) is 14.6. The second-order valence-corrected chi connectivity index (χ2v) is 9.08. The lowest BCUT2D eigenvalue weighted by Crippen LogP contribution is -2.29. The van der Waals surface area contributed by atoms with Crippen LogP contribution in [-0.4, -0.2) is 30.4 Å². The summed E-state index contributed by atoms with van der Waals surface area (Å²) in [7, 11) is 1.72. The van der Waals surface area contributed by atoms with Crippen LogP contribution in [0.3, 0.4) is 0 Å². The molecule has 0 spiro atoms. The highest BCUT2D eigenvalue weighted by Crippen LogP contribution is 2.28. The second-order valence-electron chi connectivity index (χ2n) is 7.76. The predicted molar refractivity (Wildman–Crippen MR) is 128 cm³/mol. The number of ether oxygens (including phenoxy) is 1. The molecule has 3 rings (SSSR count). The molecule has 2 N–H and O–H groups in total. The molecular weight excluding hydrogens is 390 g/mol. The quantitative estimate of drug-likeness (QED) is 0.561. The van der Waals surface area contributed by atoms with Gasteiger partial charge in [0.25, 0.3) is 0 Å². The number of nitrogens with one attached hydrogen (secondary N) is 2. The molecule has 2 aromatic rings. The number of benzene rings is 1. The molecule has 4 nitrogen and oxygen atoms in total. The smallest absolute Gasteiger partial charge is 0.124 e. The Morgan fingerprint density at radius 2 is 2.00 bits per heavy atom. The van der Waals surface area contributed by atoms with Crippen molar-refractivity contribution in [3.63, 3.8) is 0 Å². The van der Waals surface area contributed by atoms with Crippen LogP contribution in [0.4, 0.5) is 0 Å². The summed E-state index contributed by atoms with van der Waals surface area (Å²) in [6.07, 6.45) is 8.70. The zero-order valence-corrected chi connectivity index (χ0v) is 19.3. The monoisotopic (exact) mass is 423 g/mol. The number of pyridine rings is 1. The lowest BCUT2D eigenvalue weighted by molar-refractivity contribution is 0.408. The fourth-order valence-corrected chi connectivity index (χ4v) is 4.57. The molecule has 30 heavy (non-hydrogen) atoms. The van der Waals surface area contributed by atoms with Gasteiger partial charge in [-0.15, -0.1) is 11.8 Å². The van der Waals surface area contributed by atoms with E-state index in [1.165, 1.54) is 29.5 Å². The standard InChI is InChI=1S/C25H33N3OS/c1-18(21-10-11-25(28-16-21)30-22-12-14-26-15-13-22)8-9-20(3)27-17-23-19(2)6-5-7-24(23)29-4/h5-11,16,22,26-27H,12-15,17H2,1-4H3/b18-8+,20-9+. The Morgan fingerprint density at radius 1 is 1.20 bits per heavy atom. The van der Waals surface area contributed by atoms with Crippen molar-refractivity contribution in [2.75, 3.05) is 20.2 Å². The number of nitrogens with zero attached hydrogens (tertiary/aromatic N) is 1. The Hall–Kier alpha value is -2.24. The Morgan fingerprint density at radius 3 is 2.70 bits per heavy atom. The van der Waals surface area contributed by atoms with Crippen LogP contribution in [0.1, 0.15) is 43.4 Å². The summed E-state index contributed by atoms with van der Waals surface area (Å²) in [5.74, 6) is 0.926. The van der Waals surface area contributed by atoms with Crippen molar-refractivity contribution in [2.24, 2.45) is 0 Å². The van der Waals surface area contributed by atoms with Gasteiger partial charge in [0.15, 0.2) is 0 Å². The van der Waals surface area contributed by atoms with Crippen LogP contribution in [0.2, 0.25) is 0 Å². The number of rotatable bonds is 8. The van der Waals surface area contributed by atoms with E-state index < -0.39 is 0 Å². The summed E-state index contributed by atoms with van der Waals surface area (Å²) in [4.78, 5) is 4.68. The highest BCUT2D eigenvalue weighted by molar-refractivity contribution is 7.99. The number of aromatic nitrogens is 1. The van der Waals surface area contributed by atoms with Crippen molar-refractivity contribution in [1.82, 2.24) is 15.6 Å². The third-order valence-corrected chi connectivity index (χ3v) is 6.77. The van der Waals surface area contributed by atoms with E-state index in [1.807, 2.05) is 30.1 Å². The largest absolute Gasteiger partial charge is 0.496 e. The molecule has 1 fully saturated rings. The molecular formula is C25H33N3OS. The molecule has 1 aliphatic heterocycles. The van der Waals surface area contributed by atoms with Crippen molar-refractivity contribution in [2.45, 2.75) is 50.4 Å². The molecule has 0 amide bonds. The van der Waals surface area contributed by atoms with E-state index in [1.54, 1.807) is 7.11 Å². The molecule has 1 aliphatic rings. The Bertz CT molecular complexity index is 884. The average Bonchev–Trinajstić information content (AvgIpc) is 2.77. The van der Waals surface area contributed by atoms with E-state index in [-0.39, 0.29) is 0 Å². The molecule has 1 aromatic heterocycles. The van der Waals surface area contributed by atoms with E-state index in [9.17, 15) is 0 Å². The molecule has 160 valence electrons. The van der Waals surface area contributed by atoms with Crippen LogP contribution in [-0.2, 0) is 6.54 Å². The van der Waals surface area contributed by atoms with Gasteiger partial charge in [0.1, 0.15) is 5.75 Å². The minimum atomic E-state index is 0.685. The minimum Gasteiger partial charge on any atom is -0.496 e. The van der Waals surface area contributed by atoms with Gasteiger partial charge >= 0.3 is 0 Å². The molecule has 0 saturated carbocycles. The predicted octanol–water partition coefficient (Wildman–Crippen LogP) is 5.34. The molecule has 0 aliphatic carbocycles. The number of hydrogen-bond acceptors (Lipinski definition) is 5. The fourth-order valence-electron chi connectivity index (χ4n) is 3.49. The molecule has 0 unspecified atom stereocenters. The number of methoxy groups -OCH3 is 1. The van der Waals surface area contributed by atoms with Gasteiger partial charge in [0, 0.05) is 29.3 Å². The van der Waals surface area contributed by atoms with Crippen LogP contribution >= 0.6 is 11.8 Å². The first kappa shape index (κ1) is 22.4. The third kappa shape index (κ3) is 6.38. The van der Waals surface area contributed by atoms with Crippen LogP contribution in [0.5, 0.6) is 5.75 Å². The number of thioether (sulfide) groups is 1. The minimum absolute atomic E-state index is 0.685. The number of piperidine rings is 1. The molecule has 5 heteroatoms. The topological polar surface area (TPSA) is 46.2 Å². The van der Waals surface area contributed by atoms with E-state index in [0.717, 1.165) is 41.7 Å². The fraction of sp³-hybridized carbons (Fsp3) is 0.400. The lowest BCUT2D eigenvalue weighted by Gasteiger charge is -2.21. The van der Waals surface area contributed by atoms with Crippen molar-refractivity contribution in [3.8, 4) is 5.75 Å². The van der Waals surface area contributed by atoms with Gasteiger partial charge in [-0.3, -0.25) is 0 Å². The zero-order chi connectivity index (χ0) is 21.3. The summed E-state index contributed by atoms with van der Waals surface area (Å²) in [5, 5.41) is 8.71. The van der Waals surface area contributed by atoms with Gasteiger partial charge in [0.05, 0.1) is 12.1 Å². The average molecular weight is 424 g/mol. The van der Waals surface area contributed by atoms with Crippen molar-refractivity contribution >= 4 is 17.3 Å². The SMILES string of the molecule is COc1cccc(C)c1CN/C(C)=C/C=C(\C)c1ccc(SC2CCNCC2)nc1. The number of hydrogen-bond donors (Lipinski definition) is 2. The van der Waals surface area contributed by atoms with Crippen LogP contribution in [0.25, 0.3) is 5.57 Å². The summed E-state index contributed by atoms with van der Waals surface area (Å²) in [6.45, 7) is 9.32. The number of aryl methyl sites for hydroxylation is 1. The van der Waals surface area contributed by atoms with Crippen LogP contribution in [0, 0.1) is 6.92 Å². The molecule has 0 atom stereocenters. The zero-order valence-electron chi connectivity index (χ0n) is 18.5. The van der Waals surface area contributed by atoms with Gasteiger partial charge in [-0.2, -0.15) is 0 Å². The van der Waals surface area contributed by atoms with Gasteiger partial charge < -0.3 is 15.4 Å². The summed E-state index contributed by atoms with van der Waals surface area (Å²) in [5.41, 5.74) is 5.91. The van der Waals surface area contributed by atoms with Gasteiger partial charge in [-0.05, 0) is 81.6 Å². The molecule has 1 saturated heterocycles. The van der Waals surface area contributed by atoms with E-state index in [4.69, 9.17) is 4.74 Å². The first-order valence-electron chi connectivity index (χ1n) is 10.6. The summed E-state index contributed by atoms with van der Waals surface area (Å²) >= 11 is 1.91. The van der Waals surface area contributed by atoms with E-state index in [2.05, 4.69) is 66.7 Å². The normalized spacial score (nSPS) is 15.9. The second kappa shape index (κ2) is 11.2. The molecule has 0 radical (unpaired) electrons. The maximum Gasteiger partial charge on any atom is 0.124 e. The lowest BCUT2D eigenvalue weighted by atomic mass is 10.1. The first-order valence-corrected chi connectivity index (χ1v) is 11.5. The van der Waals surface area contributed by atoms with Gasteiger partial charge in [-0.25, -0.2) is 4.98 Å². The van der Waals surface area contributed by atoms with Gasteiger partial charge in [0.2, 0.25) is 0 Å². The van der Waals surface area contributed by atoms with Crippen molar-refractivity contribution in [1.29, 1.82) is 0 Å². The van der Waals surface area contributed by atoms with Crippen LogP contribution < -0.4 is 15.4 Å². The Kier molecular flexibility index (Phi) is 8.40. The van der Waals surface area contributed by atoms with Crippen LogP contribution in [0.15, 0.2) is 59.4 Å². The summed E-state index contributed by atoms with van der Waals surface area (Å²) < 4.78 is 5.49.